The van der Waals surface area contributed by atoms with Crippen LogP contribution in [0.2, 0.25) is 5.02 Å². The van der Waals surface area contributed by atoms with Gasteiger partial charge in [-0.2, -0.15) is 0 Å². The van der Waals surface area contributed by atoms with E-state index in [9.17, 15) is 13.2 Å². The number of benzene rings is 2. The average Bonchev–Trinajstić information content (AvgIpc) is 3.47. The van der Waals surface area contributed by atoms with Crippen LogP contribution in [0.4, 0.5) is 5.69 Å². The molecule has 1 heterocycles. The fourth-order valence-corrected chi connectivity index (χ4v) is 4.73. The molecule has 0 aromatic heterocycles. The van der Waals surface area contributed by atoms with Crippen LogP contribution in [0, 0.1) is 5.92 Å². The summed E-state index contributed by atoms with van der Waals surface area (Å²) in [5, 5.41) is 0.573. The van der Waals surface area contributed by atoms with Gasteiger partial charge in [0.05, 0.1) is 5.75 Å². The van der Waals surface area contributed by atoms with Crippen molar-refractivity contribution in [2.45, 2.75) is 31.6 Å². The molecular formula is C20H21ClN2O3S. The van der Waals surface area contributed by atoms with E-state index in [-0.39, 0.29) is 17.6 Å². The minimum Gasteiger partial charge on any atom is -0.338 e. The lowest BCUT2D eigenvalue weighted by molar-refractivity contribution is -0.133. The maximum atomic E-state index is 12.5. The van der Waals surface area contributed by atoms with Gasteiger partial charge >= 0.3 is 0 Å². The number of carbonyl (C=O) groups excluding carboxylic acids is 1. The summed E-state index contributed by atoms with van der Waals surface area (Å²) in [7, 11) is -3.53. The third-order valence-corrected chi connectivity index (χ3v) is 6.51. The van der Waals surface area contributed by atoms with Gasteiger partial charge < -0.3 is 4.90 Å². The predicted molar refractivity (Wildman–Crippen MR) is 106 cm³/mol. The van der Waals surface area contributed by atoms with Gasteiger partial charge in [0.15, 0.2) is 0 Å². The second-order valence-electron chi connectivity index (χ2n) is 7.26. The van der Waals surface area contributed by atoms with Gasteiger partial charge in [-0.05, 0) is 60.2 Å². The van der Waals surface area contributed by atoms with E-state index in [4.69, 9.17) is 11.6 Å². The molecule has 0 spiro atoms. The minimum absolute atomic E-state index is 0.118. The van der Waals surface area contributed by atoms with Crippen molar-refractivity contribution in [2.24, 2.45) is 5.92 Å². The quantitative estimate of drug-likeness (QED) is 0.828. The number of fused-ring (bicyclic) bond motifs is 1. The molecule has 2 aromatic carbocycles. The number of rotatable bonds is 5. The summed E-state index contributed by atoms with van der Waals surface area (Å²) >= 11 is 5.84. The van der Waals surface area contributed by atoms with E-state index < -0.39 is 10.0 Å². The fraction of sp³-hybridized carbons (Fsp3) is 0.350. The number of carbonyl (C=O) groups is 1. The average molecular weight is 405 g/mol. The number of halogens is 1. The smallest absolute Gasteiger partial charge is 0.236 e. The molecule has 0 unspecified atom stereocenters. The summed E-state index contributed by atoms with van der Waals surface area (Å²) in [5.41, 5.74) is 3.40. The Morgan fingerprint density at radius 3 is 2.56 bits per heavy atom. The molecule has 0 saturated heterocycles. The van der Waals surface area contributed by atoms with Crippen LogP contribution in [0.3, 0.4) is 0 Å². The van der Waals surface area contributed by atoms with E-state index in [1.54, 1.807) is 30.3 Å². The molecule has 0 atom stereocenters. The first-order chi connectivity index (χ1) is 12.9. The van der Waals surface area contributed by atoms with Gasteiger partial charge in [-0.3, -0.25) is 9.52 Å². The highest BCUT2D eigenvalue weighted by molar-refractivity contribution is 7.91. The second kappa shape index (κ2) is 7.17. The number of anilines is 1. The lowest BCUT2D eigenvalue weighted by atomic mass is 9.99. The highest BCUT2D eigenvalue weighted by atomic mass is 35.5. The first-order valence-electron chi connectivity index (χ1n) is 9.05. The Morgan fingerprint density at radius 2 is 1.85 bits per heavy atom. The van der Waals surface area contributed by atoms with E-state index in [2.05, 4.69) is 4.72 Å². The van der Waals surface area contributed by atoms with E-state index in [0.717, 1.165) is 31.4 Å². The number of amides is 1. The van der Waals surface area contributed by atoms with Crippen LogP contribution in [0.1, 0.15) is 29.5 Å². The number of sulfonamides is 1. The van der Waals surface area contributed by atoms with Crippen molar-refractivity contribution in [3.05, 3.63) is 64.2 Å². The zero-order valence-electron chi connectivity index (χ0n) is 14.8. The molecule has 0 bridgehead atoms. The number of nitrogens with zero attached hydrogens (tertiary/aromatic N) is 1. The zero-order chi connectivity index (χ0) is 19.0. The van der Waals surface area contributed by atoms with Crippen molar-refractivity contribution < 1.29 is 13.2 Å². The molecule has 27 heavy (non-hydrogen) atoms. The summed E-state index contributed by atoms with van der Waals surface area (Å²) in [6.07, 6.45) is 2.80. The van der Waals surface area contributed by atoms with Gasteiger partial charge in [0.2, 0.25) is 15.9 Å². The Kier molecular flexibility index (Phi) is 4.86. The van der Waals surface area contributed by atoms with Crippen LogP contribution in [0.5, 0.6) is 0 Å². The summed E-state index contributed by atoms with van der Waals surface area (Å²) in [5.74, 6) is 0.315. The van der Waals surface area contributed by atoms with Crippen LogP contribution in [0.15, 0.2) is 42.5 Å². The summed E-state index contributed by atoms with van der Waals surface area (Å²) in [6, 6.07) is 12.4. The summed E-state index contributed by atoms with van der Waals surface area (Å²) < 4.78 is 27.6. The third kappa shape index (κ3) is 4.45. The van der Waals surface area contributed by atoms with E-state index in [1.807, 2.05) is 17.0 Å². The summed E-state index contributed by atoms with van der Waals surface area (Å²) in [6.45, 7) is 1.29. The van der Waals surface area contributed by atoms with Crippen molar-refractivity contribution in [2.75, 3.05) is 11.3 Å². The van der Waals surface area contributed by atoms with Crippen molar-refractivity contribution in [1.29, 1.82) is 0 Å². The Balaban J connectivity index is 1.47. The molecule has 1 amide bonds. The molecule has 5 nitrogen and oxygen atoms in total. The standard InChI is InChI=1S/C20H21ClN2O3S/c21-18-6-1-14(2-7-18)13-27(25,26)22-19-8-5-15-9-10-23(12-17(15)11-19)20(24)16-3-4-16/h1-2,5-8,11,16,22H,3-4,9-10,12-13H2. The molecule has 2 aromatic rings. The third-order valence-electron chi connectivity index (χ3n) is 5.00. The van der Waals surface area contributed by atoms with Gasteiger partial charge in [0, 0.05) is 29.7 Å². The SMILES string of the molecule is O=C(C1CC1)N1CCc2ccc(NS(=O)(=O)Cc3ccc(Cl)cc3)cc2C1. The van der Waals surface area contributed by atoms with Crippen molar-refractivity contribution in [3.8, 4) is 0 Å². The highest BCUT2D eigenvalue weighted by Gasteiger charge is 2.34. The molecule has 2 aliphatic rings. The number of nitrogens with one attached hydrogen (secondary N) is 1. The van der Waals surface area contributed by atoms with Crippen molar-refractivity contribution >= 4 is 33.2 Å². The first-order valence-corrected chi connectivity index (χ1v) is 11.1. The molecule has 0 radical (unpaired) electrons. The monoisotopic (exact) mass is 404 g/mol. The minimum atomic E-state index is -3.53. The normalized spacial score (nSPS) is 16.7. The van der Waals surface area contributed by atoms with E-state index >= 15 is 0 Å². The van der Waals surface area contributed by atoms with Crippen LogP contribution < -0.4 is 4.72 Å². The fourth-order valence-electron chi connectivity index (χ4n) is 3.41. The molecule has 1 fully saturated rings. The maximum absolute atomic E-state index is 12.5. The largest absolute Gasteiger partial charge is 0.338 e. The van der Waals surface area contributed by atoms with Gasteiger partial charge in [-0.1, -0.05) is 29.8 Å². The van der Waals surface area contributed by atoms with Gasteiger partial charge in [0.25, 0.3) is 0 Å². The highest BCUT2D eigenvalue weighted by Crippen LogP contribution is 2.33. The predicted octanol–water partition coefficient (Wildman–Crippen LogP) is 3.58. The van der Waals surface area contributed by atoms with Gasteiger partial charge in [0.1, 0.15) is 0 Å². The van der Waals surface area contributed by atoms with Crippen molar-refractivity contribution in [3.63, 3.8) is 0 Å². The van der Waals surface area contributed by atoms with Crippen LogP contribution in [-0.2, 0) is 33.5 Å². The van der Waals surface area contributed by atoms with Gasteiger partial charge in [-0.15, -0.1) is 0 Å². The number of hydrogen-bond donors (Lipinski definition) is 1. The molecule has 1 aliphatic heterocycles. The lowest BCUT2D eigenvalue weighted by Gasteiger charge is -2.29. The molecule has 1 aliphatic carbocycles. The Hall–Kier alpha value is -2.05. The van der Waals surface area contributed by atoms with Gasteiger partial charge in [-0.25, -0.2) is 8.42 Å². The molecular weight excluding hydrogens is 384 g/mol. The Labute approximate surface area is 164 Å². The summed E-state index contributed by atoms with van der Waals surface area (Å²) in [4.78, 5) is 14.2. The topological polar surface area (TPSA) is 66.5 Å². The molecule has 142 valence electrons. The second-order valence-corrected chi connectivity index (χ2v) is 9.41. The van der Waals surface area contributed by atoms with Crippen LogP contribution in [0.25, 0.3) is 0 Å². The number of hydrogen-bond acceptors (Lipinski definition) is 3. The molecule has 7 heteroatoms. The lowest BCUT2D eigenvalue weighted by Crippen LogP contribution is -2.36. The molecule has 1 N–H and O–H groups in total. The Bertz CT molecular complexity index is 969. The van der Waals surface area contributed by atoms with E-state index in [1.165, 1.54) is 5.56 Å². The first kappa shape index (κ1) is 18.3. The molecule has 1 saturated carbocycles. The molecule has 4 rings (SSSR count). The van der Waals surface area contributed by atoms with E-state index in [0.29, 0.717) is 22.8 Å². The Morgan fingerprint density at radius 1 is 1.11 bits per heavy atom. The van der Waals surface area contributed by atoms with Crippen LogP contribution in [-0.4, -0.2) is 25.8 Å². The van der Waals surface area contributed by atoms with Crippen molar-refractivity contribution in [1.82, 2.24) is 4.90 Å². The zero-order valence-corrected chi connectivity index (χ0v) is 16.4. The maximum Gasteiger partial charge on any atom is 0.236 e. The van der Waals surface area contributed by atoms with Crippen LogP contribution >= 0.6 is 11.6 Å².